The highest BCUT2D eigenvalue weighted by Gasteiger charge is 2.34. The Morgan fingerprint density at radius 3 is 2.76 bits per heavy atom. The number of imidazole rings is 1. The lowest BCUT2D eigenvalue weighted by Gasteiger charge is -2.27. The monoisotopic (exact) mass is 387 g/mol. The Balaban J connectivity index is 1.77. The third-order valence-electron chi connectivity index (χ3n) is 5.18. The standard InChI is InChI=1S/C22H21N5O2/c1-15-12-18-20(22(28)27(15)10-5-9-26-11-8-25-14-26)19(16-6-3-2-4-7-16)17(13-23)21(24)29-18/h2-4,6-8,11-12,14,19H,5,9-10,24H2,1H3. The maximum Gasteiger partial charge on any atom is 0.258 e. The average Bonchev–Trinajstić information content (AvgIpc) is 3.23. The van der Waals surface area contributed by atoms with Gasteiger partial charge in [-0.3, -0.25) is 4.79 Å². The molecular weight excluding hydrogens is 366 g/mol. The van der Waals surface area contributed by atoms with Gasteiger partial charge >= 0.3 is 0 Å². The fraction of sp³-hybridized carbons (Fsp3) is 0.227. The molecular formula is C22H21N5O2. The van der Waals surface area contributed by atoms with Crippen molar-refractivity contribution in [1.82, 2.24) is 14.1 Å². The van der Waals surface area contributed by atoms with Crippen LogP contribution in [-0.4, -0.2) is 14.1 Å². The highest BCUT2D eigenvalue weighted by atomic mass is 16.5. The molecule has 0 aliphatic carbocycles. The summed E-state index contributed by atoms with van der Waals surface area (Å²) in [5.74, 6) is -0.0767. The van der Waals surface area contributed by atoms with Gasteiger partial charge in [-0.2, -0.15) is 5.26 Å². The van der Waals surface area contributed by atoms with Crippen LogP contribution < -0.4 is 16.0 Å². The molecule has 0 saturated heterocycles. The van der Waals surface area contributed by atoms with E-state index in [0.29, 0.717) is 17.9 Å². The number of nitriles is 1. The topological polar surface area (TPSA) is 98.9 Å². The quantitative estimate of drug-likeness (QED) is 0.726. The van der Waals surface area contributed by atoms with E-state index in [4.69, 9.17) is 10.5 Å². The van der Waals surface area contributed by atoms with Crippen molar-refractivity contribution in [2.45, 2.75) is 32.4 Å². The molecule has 7 heteroatoms. The van der Waals surface area contributed by atoms with Crippen LogP contribution in [0.5, 0.6) is 5.75 Å². The molecule has 1 unspecified atom stereocenters. The molecule has 1 aliphatic heterocycles. The van der Waals surface area contributed by atoms with Gasteiger partial charge in [-0.25, -0.2) is 4.98 Å². The number of nitrogens with two attached hydrogens (primary N) is 1. The van der Waals surface area contributed by atoms with Crippen LogP contribution in [-0.2, 0) is 13.1 Å². The van der Waals surface area contributed by atoms with Gasteiger partial charge < -0.3 is 19.6 Å². The molecule has 7 nitrogen and oxygen atoms in total. The minimum Gasteiger partial charge on any atom is -0.440 e. The van der Waals surface area contributed by atoms with Crippen molar-refractivity contribution in [3.8, 4) is 11.8 Å². The van der Waals surface area contributed by atoms with Gasteiger partial charge in [0.25, 0.3) is 5.56 Å². The maximum absolute atomic E-state index is 13.5. The van der Waals surface area contributed by atoms with E-state index in [1.54, 1.807) is 17.1 Å². The predicted molar refractivity (Wildman–Crippen MR) is 108 cm³/mol. The number of nitrogens with zero attached hydrogens (tertiary/aromatic N) is 4. The second-order valence-corrected chi connectivity index (χ2v) is 7.01. The minimum atomic E-state index is -0.544. The maximum atomic E-state index is 13.5. The molecule has 0 fully saturated rings. The number of ether oxygens (including phenoxy) is 1. The van der Waals surface area contributed by atoms with Gasteiger partial charge in [-0.15, -0.1) is 0 Å². The number of hydrogen-bond acceptors (Lipinski definition) is 5. The van der Waals surface area contributed by atoms with Crippen molar-refractivity contribution < 1.29 is 4.74 Å². The number of pyridine rings is 1. The van der Waals surface area contributed by atoms with Gasteiger partial charge in [0.2, 0.25) is 5.88 Å². The molecule has 2 aromatic heterocycles. The third kappa shape index (κ3) is 3.41. The number of allylic oxidation sites excluding steroid dienone is 1. The van der Waals surface area contributed by atoms with Crippen LogP contribution in [0.2, 0.25) is 0 Å². The molecule has 29 heavy (non-hydrogen) atoms. The lowest BCUT2D eigenvalue weighted by molar-refractivity contribution is 0.387. The van der Waals surface area contributed by atoms with E-state index in [1.165, 1.54) is 0 Å². The number of benzene rings is 1. The van der Waals surface area contributed by atoms with Crippen LogP contribution in [0, 0.1) is 18.3 Å². The highest BCUT2D eigenvalue weighted by molar-refractivity contribution is 5.55. The van der Waals surface area contributed by atoms with Crippen LogP contribution in [0.25, 0.3) is 0 Å². The molecule has 0 radical (unpaired) electrons. The fourth-order valence-corrected chi connectivity index (χ4v) is 3.77. The van der Waals surface area contributed by atoms with E-state index in [-0.39, 0.29) is 17.0 Å². The number of rotatable bonds is 5. The Morgan fingerprint density at radius 2 is 2.07 bits per heavy atom. The van der Waals surface area contributed by atoms with Gasteiger partial charge in [-0.05, 0) is 18.9 Å². The molecule has 3 aromatic rings. The van der Waals surface area contributed by atoms with Crippen molar-refractivity contribution in [2.24, 2.45) is 5.73 Å². The lowest BCUT2D eigenvalue weighted by atomic mass is 9.84. The smallest absolute Gasteiger partial charge is 0.258 e. The molecule has 0 spiro atoms. The summed E-state index contributed by atoms with van der Waals surface area (Å²) < 4.78 is 9.40. The SMILES string of the molecule is Cc1cc2c(c(=O)n1CCCn1ccnc1)C(c1ccccc1)C(C#N)=C(N)O2. The predicted octanol–water partition coefficient (Wildman–Crippen LogP) is 2.66. The summed E-state index contributed by atoms with van der Waals surface area (Å²) in [7, 11) is 0. The Morgan fingerprint density at radius 1 is 1.28 bits per heavy atom. The van der Waals surface area contributed by atoms with E-state index < -0.39 is 5.92 Å². The normalized spacial score (nSPS) is 15.5. The second-order valence-electron chi connectivity index (χ2n) is 7.01. The third-order valence-corrected chi connectivity index (χ3v) is 5.18. The zero-order valence-corrected chi connectivity index (χ0v) is 16.1. The molecule has 146 valence electrons. The molecule has 0 amide bonds. The summed E-state index contributed by atoms with van der Waals surface area (Å²) in [4.78, 5) is 17.5. The second kappa shape index (κ2) is 7.68. The summed E-state index contributed by atoms with van der Waals surface area (Å²) in [6.45, 7) is 3.19. The molecule has 1 atom stereocenters. The number of fused-ring (bicyclic) bond motifs is 1. The lowest BCUT2D eigenvalue weighted by Crippen LogP contribution is -2.33. The Hall–Kier alpha value is -3.79. The first-order valence-corrected chi connectivity index (χ1v) is 9.42. The summed E-state index contributed by atoms with van der Waals surface area (Å²) in [5, 5.41) is 9.70. The molecule has 0 bridgehead atoms. The van der Waals surface area contributed by atoms with Gasteiger partial charge in [0.15, 0.2) is 0 Å². The van der Waals surface area contributed by atoms with Gasteiger partial charge in [-0.1, -0.05) is 30.3 Å². The highest BCUT2D eigenvalue weighted by Crippen LogP contribution is 2.40. The summed E-state index contributed by atoms with van der Waals surface area (Å²) >= 11 is 0. The first-order chi connectivity index (χ1) is 14.1. The summed E-state index contributed by atoms with van der Waals surface area (Å²) in [5.41, 5.74) is 8.21. The van der Waals surface area contributed by atoms with E-state index in [2.05, 4.69) is 11.1 Å². The number of hydrogen-bond donors (Lipinski definition) is 1. The Labute approximate surface area is 168 Å². The molecule has 2 N–H and O–H groups in total. The van der Waals surface area contributed by atoms with E-state index in [1.807, 2.05) is 54.1 Å². The first-order valence-electron chi connectivity index (χ1n) is 9.42. The number of aromatic nitrogens is 3. The average molecular weight is 387 g/mol. The summed E-state index contributed by atoms with van der Waals surface area (Å²) in [6, 6.07) is 13.4. The van der Waals surface area contributed by atoms with Crippen LogP contribution in [0.15, 0.2) is 71.4 Å². The largest absolute Gasteiger partial charge is 0.440 e. The van der Waals surface area contributed by atoms with Crippen LogP contribution in [0.1, 0.15) is 29.2 Å². The van der Waals surface area contributed by atoms with Gasteiger partial charge in [0, 0.05) is 37.2 Å². The van der Waals surface area contributed by atoms with Gasteiger partial charge in [0.1, 0.15) is 17.4 Å². The minimum absolute atomic E-state index is 0.0468. The fourth-order valence-electron chi connectivity index (χ4n) is 3.77. The molecule has 1 aliphatic rings. The van der Waals surface area contributed by atoms with Crippen LogP contribution in [0.4, 0.5) is 0 Å². The Kier molecular flexibility index (Phi) is 4.92. The van der Waals surface area contributed by atoms with Crippen molar-refractivity contribution in [3.05, 3.63) is 93.8 Å². The zero-order valence-electron chi connectivity index (χ0n) is 16.1. The Bertz CT molecular complexity index is 1150. The van der Waals surface area contributed by atoms with Crippen LogP contribution >= 0.6 is 0 Å². The summed E-state index contributed by atoms with van der Waals surface area (Å²) in [6.07, 6.45) is 6.16. The van der Waals surface area contributed by atoms with E-state index in [0.717, 1.165) is 24.2 Å². The van der Waals surface area contributed by atoms with Crippen molar-refractivity contribution in [3.63, 3.8) is 0 Å². The first kappa shape index (κ1) is 18.6. The molecule has 3 heterocycles. The molecule has 4 rings (SSSR count). The van der Waals surface area contributed by atoms with Gasteiger partial charge in [0.05, 0.1) is 17.8 Å². The zero-order chi connectivity index (χ0) is 20.4. The van der Waals surface area contributed by atoms with Crippen LogP contribution in [0.3, 0.4) is 0 Å². The molecule has 1 aromatic carbocycles. The number of aryl methyl sites for hydroxylation is 2. The van der Waals surface area contributed by atoms with Crippen molar-refractivity contribution in [2.75, 3.05) is 0 Å². The van der Waals surface area contributed by atoms with E-state index >= 15 is 0 Å². The van der Waals surface area contributed by atoms with Crippen molar-refractivity contribution >= 4 is 0 Å². The molecule has 0 saturated carbocycles. The van der Waals surface area contributed by atoms with Crippen molar-refractivity contribution in [1.29, 1.82) is 5.26 Å². The van der Waals surface area contributed by atoms with E-state index in [9.17, 15) is 10.1 Å².